The number of likely N-dealkylation sites (N-methyl/N-ethyl adjacent to an activating group) is 1. The number of carboxylic acid groups (broad SMARTS) is 1. The summed E-state index contributed by atoms with van der Waals surface area (Å²) in [5.41, 5.74) is 7.02. The Labute approximate surface area is 113 Å². The first-order valence-corrected chi connectivity index (χ1v) is 6.72. The molecule has 1 fully saturated rings. The van der Waals surface area contributed by atoms with Gasteiger partial charge in [-0.05, 0) is 44.1 Å². The van der Waals surface area contributed by atoms with E-state index in [1.807, 2.05) is 0 Å². The van der Waals surface area contributed by atoms with Crippen molar-refractivity contribution in [2.75, 3.05) is 30.7 Å². The standard InChI is InChI=1S/C14H21N3O2/c1-2-17-7-3-4-11(9-17)16-13-6-5-10(15)8-12(13)14(18)19/h5-6,8,11,16H,2-4,7,9,15H2,1H3,(H,18,19). The molecule has 5 nitrogen and oxygen atoms in total. The second kappa shape index (κ2) is 5.93. The molecule has 1 aliphatic heterocycles. The van der Waals surface area contributed by atoms with Crippen molar-refractivity contribution < 1.29 is 9.90 Å². The molecule has 0 bridgehead atoms. The smallest absolute Gasteiger partial charge is 0.337 e. The highest BCUT2D eigenvalue weighted by Crippen LogP contribution is 2.22. The lowest BCUT2D eigenvalue weighted by Gasteiger charge is -2.33. The van der Waals surface area contributed by atoms with Crippen molar-refractivity contribution in [2.24, 2.45) is 0 Å². The van der Waals surface area contributed by atoms with Gasteiger partial charge in [0.05, 0.1) is 5.56 Å². The van der Waals surface area contributed by atoms with Crippen LogP contribution in [0.25, 0.3) is 0 Å². The first kappa shape index (κ1) is 13.7. The molecule has 2 rings (SSSR count). The van der Waals surface area contributed by atoms with Gasteiger partial charge in [0.2, 0.25) is 0 Å². The Kier molecular flexibility index (Phi) is 4.27. The lowest BCUT2D eigenvalue weighted by Crippen LogP contribution is -2.42. The van der Waals surface area contributed by atoms with Gasteiger partial charge in [-0.25, -0.2) is 4.79 Å². The average molecular weight is 263 g/mol. The van der Waals surface area contributed by atoms with Crippen molar-refractivity contribution in [2.45, 2.75) is 25.8 Å². The van der Waals surface area contributed by atoms with Crippen LogP contribution in [0.4, 0.5) is 11.4 Å². The lowest BCUT2D eigenvalue weighted by atomic mass is 10.0. The minimum atomic E-state index is -0.946. The van der Waals surface area contributed by atoms with E-state index in [4.69, 9.17) is 5.73 Å². The Bertz CT molecular complexity index is 462. The van der Waals surface area contributed by atoms with E-state index in [-0.39, 0.29) is 5.56 Å². The molecule has 104 valence electrons. The van der Waals surface area contributed by atoms with Crippen molar-refractivity contribution in [1.29, 1.82) is 0 Å². The summed E-state index contributed by atoms with van der Waals surface area (Å²) in [5.74, 6) is -0.946. The topological polar surface area (TPSA) is 78.6 Å². The number of piperidine rings is 1. The number of hydrogen-bond acceptors (Lipinski definition) is 4. The van der Waals surface area contributed by atoms with Gasteiger partial charge in [0.25, 0.3) is 0 Å². The van der Waals surface area contributed by atoms with E-state index in [0.717, 1.165) is 32.5 Å². The number of benzene rings is 1. The maximum Gasteiger partial charge on any atom is 0.337 e. The van der Waals surface area contributed by atoms with Gasteiger partial charge in [-0.1, -0.05) is 6.92 Å². The van der Waals surface area contributed by atoms with Crippen molar-refractivity contribution in [1.82, 2.24) is 4.90 Å². The van der Waals surface area contributed by atoms with Gasteiger partial charge in [-0.15, -0.1) is 0 Å². The summed E-state index contributed by atoms with van der Waals surface area (Å²) in [6.45, 7) is 5.27. The summed E-state index contributed by atoms with van der Waals surface area (Å²) in [6, 6.07) is 5.29. The summed E-state index contributed by atoms with van der Waals surface area (Å²) in [4.78, 5) is 13.6. The van der Waals surface area contributed by atoms with Crippen LogP contribution in [0.2, 0.25) is 0 Å². The molecule has 0 aliphatic carbocycles. The molecule has 1 heterocycles. The highest BCUT2D eigenvalue weighted by Gasteiger charge is 2.20. The molecule has 0 amide bonds. The second-order valence-corrected chi connectivity index (χ2v) is 4.99. The van der Waals surface area contributed by atoms with Gasteiger partial charge in [0.15, 0.2) is 0 Å². The van der Waals surface area contributed by atoms with E-state index >= 15 is 0 Å². The van der Waals surface area contributed by atoms with Crippen LogP contribution in [0.1, 0.15) is 30.1 Å². The number of carboxylic acids is 1. The van der Waals surface area contributed by atoms with Gasteiger partial charge >= 0.3 is 5.97 Å². The fourth-order valence-electron chi connectivity index (χ4n) is 2.55. The molecular formula is C14H21N3O2. The number of hydrogen-bond donors (Lipinski definition) is 3. The maximum absolute atomic E-state index is 11.2. The molecule has 5 heteroatoms. The molecule has 1 aromatic rings. The third kappa shape index (κ3) is 3.38. The zero-order valence-corrected chi connectivity index (χ0v) is 11.2. The fourth-order valence-corrected chi connectivity index (χ4v) is 2.55. The monoisotopic (exact) mass is 263 g/mol. The van der Waals surface area contributed by atoms with Gasteiger partial charge in [0, 0.05) is 24.0 Å². The van der Waals surface area contributed by atoms with Crippen molar-refractivity contribution in [3.8, 4) is 0 Å². The first-order valence-electron chi connectivity index (χ1n) is 6.72. The molecule has 0 saturated carbocycles. The van der Waals surface area contributed by atoms with Crippen molar-refractivity contribution >= 4 is 17.3 Å². The Morgan fingerprint density at radius 1 is 1.58 bits per heavy atom. The Morgan fingerprint density at radius 2 is 2.37 bits per heavy atom. The quantitative estimate of drug-likeness (QED) is 0.723. The molecule has 0 aromatic heterocycles. The zero-order chi connectivity index (χ0) is 13.8. The molecular weight excluding hydrogens is 242 g/mol. The van der Waals surface area contributed by atoms with Crippen LogP contribution < -0.4 is 11.1 Å². The van der Waals surface area contributed by atoms with E-state index in [1.165, 1.54) is 6.07 Å². The SMILES string of the molecule is CCN1CCCC(Nc2ccc(N)cc2C(=O)O)C1. The van der Waals surface area contributed by atoms with Gasteiger partial charge < -0.3 is 21.1 Å². The molecule has 1 unspecified atom stereocenters. The number of rotatable bonds is 4. The van der Waals surface area contributed by atoms with Crippen LogP contribution in [-0.2, 0) is 0 Å². The Balaban J connectivity index is 2.12. The van der Waals surface area contributed by atoms with Gasteiger partial charge in [0.1, 0.15) is 0 Å². The summed E-state index contributed by atoms with van der Waals surface area (Å²) >= 11 is 0. The third-order valence-electron chi connectivity index (χ3n) is 3.59. The highest BCUT2D eigenvalue weighted by molar-refractivity contribution is 5.95. The van der Waals surface area contributed by atoms with Crippen LogP contribution in [0.5, 0.6) is 0 Å². The summed E-state index contributed by atoms with van der Waals surface area (Å²) in [5, 5.41) is 12.6. The van der Waals surface area contributed by atoms with Gasteiger partial charge in [-0.3, -0.25) is 0 Å². The molecule has 19 heavy (non-hydrogen) atoms. The van der Waals surface area contributed by atoms with E-state index in [0.29, 0.717) is 17.4 Å². The number of carbonyl (C=O) groups is 1. The third-order valence-corrected chi connectivity index (χ3v) is 3.59. The number of aromatic carboxylic acids is 1. The first-order chi connectivity index (χ1) is 9.10. The number of nitrogens with zero attached hydrogens (tertiary/aromatic N) is 1. The maximum atomic E-state index is 11.2. The fraction of sp³-hybridized carbons (Fsp3) is 0.500. The average Bonchev–Trinajstić information content (AvgIpc) is 2.41. The van der Waals surface area contributed by atoms with Crippen LogP contribution in [0.3, 0.4) is 0 Å². The van der Waals surface area contributed by atoms with E-state index in [9.17, 15) is 9.90 Å². The van der Waals surface area contributed by atoms with Crippen molar-refractivity contribution in [3.63, 3.8) is 0 Å². The van der Waals surface area contributed by atoms with Crippen LogP contribution in [0, 0.1) is 0 Å². The minimum Gasteiger partial charge on any atom is -0.478 e. The Hall–Kier alpha value is -1.75. The molecule has 1 saturated heterocycles. The summed E-state index contributed by atoms with van der Waals surface area (Å²) in [7, 11) is 0. The molecule has 1 aromatic carbocycles. The number of nitrogens with one attached hydrogen (secondary N) is 1. The van der Waals surface area contributed by atoms with Crippen molar-refractivity contribution in [3.05, 3.63) is 23.8 Å². The molecule has 0 spiro atoms. The second-order valence-electron chi connectivity index (χ2n) is 4.99. The van der Waals surface area contributed by atoms with E-state index < -0.39 is 5.97 Å². The van der Waals surface area contributed by atoms with Crippen LogP contribution in [-0.4, -0.2) is 41.7 Å². The van der Waals surface area contributed by atoms with Crippen LogP contribution >= 0.6 is 0 Å². The molecule has 1 aliphatic rings. The largest absolute Gasteiger partial charge is 0.478 e. The predicted octanol–water partition coefficient (Wildman–Crippen LogP) is 1.86. The predicted molar refractivity (Wildman–Crippen MR) is 76.6 cm³/mol. The molecule has 1 atom stereocenters. The van der Waals surface area contributed by atoms with Gasteiger partial charge in [-0.2, -0.15) is 0 Å². The molecule has 0 radical (unpaired) electrons. The number of anilines is 2. The van der Waals surface area contributed by atoms with E-state index in [2.05, 4.69) is 17.1 Å². The normalized spacial score (nSPS) is 20.2. The number of nitrogen functional groups attached to an aromatic ring is 1. The minimum absolute atomic E-state index is 0.244. The number of likely N-dealkylation sites (tertiary alicyclic amines) is 1. The van der Waals surface area contributed by atoms with Crippen LogP contribution in [0.15, 0.2) is 18.2 Å². The highest BCUT2D eigenvalue weighted by atomic mass is 16.4. The lowest BCUT2D eigenvalue weighted by molar-refractivity contribution is 0.0698. The summed E-state index contributed by atoms with van der Waals surface area (Å²) in [6.07, 6.45) is 2.21. The Morgan fingerprint density at radius 3 is 3.05 bits per heavy atom. The zero-order valence-electron chi connectivity index (χ0n) is 11.2. The molecule has 4 N–H and O–H groups in total. The van der Waals surface area contributed by atoms with E-state index in [1.54, 1.807) is 12.1 Å². The number of nitrogens with two attached hydrogens (primary N) is 1. The summed E-state index contributed by atoms with van der Waals surface area (Å²) < 4.78 is 0.